The zero-order chi connectivity index (χ0) is 13.8. The van der Waals surface area contributed by atoms with Crippen LogP contribution in [-0.4, -0.2) is 40.8 Å². The summed E-state index contributed by atoms with van der Waals surface area (Å²) in [6, 6.07) is 0. The molecule has 0 N–H and O–H groups in total. The molecule has 0 radical (unpaired) electrons. The first kappa shape index (κ1) is 30.6. The van der Waals surface area contributed by atoms with Crippen LogP contribution < -0.4 is 0 Å². The molecular formula is C13H33N3Zr. The van der Waals surface area contributed by atoms with Gasteiger partial charge in [-0.15, -0.1) is 0 Å². The van der Waals surface area contributed by atoms with E-state index in [1.54, 1.807) is 21.1 Å². The minimum absolute atomic E-state index is 0. The van der Waals surface area contributed by atoms with E-state index in [1.807, 2.05) is 20.8 Å². The molecule has 0 fully saturated rings. The van der Waals surface area contributed by atoms with Crippen molar-refractivity contribution in [2.45, 2.75) is 41.5 Å². The first-order valence-corrected chi connectivity index (χ1v) is 5.91. The summed E-state index contributed by atoms with van der Waals surface area (Å²) in [6.45, 7) is 15.1. The van der Waals surface area contributed by atoms with Gasteiger partial charge in [0.2, 0.25) is 0 Å². The molecule has 0 saturated carbocycles. The van der Waals surface area contributed by atoms with Crippen molar-refractivity contribution >= 4 is 0 Å². The second-order valence-electron chi connectivity index (χ2n) is 3.40. The number of nitrogens with zero attached hydrogens (tertiary/aromatic N) is 3. The largest absolute Gasteiger partial charge is 4.00 e. The molecule has 0 bridgehead atoms. The molecule has 104 valence electrons. The van der Waals surface area contributed by atoms with Gasteiger partial charge in [-0.2, -0.15) is 61.5 Å². The minimum atomic E-state index is 0. The van der Waals surface area contributed by atoms with Crippen molar-refractivity contribution in [3.63, 3.8) is 0 Å². The van der Waals surface area contributed by atoms with E-state index in [4.69, 9.17) is 0 Å². The Morgan fingerprint density at radius 1 is 0.647 bits per heavy atom. The van der Waals surface area contributed by atoms with Crippen LogP contribution in [0.15, 0.2) is 0 Å². The molecule has 0 rings (SSSR count). The molecule has 0 aromatic rings. The first-order chi connectivity index (χ1) is 7.47. The first-order valence-electron chi connectivity index (χ1n) is 5.91. The summed E-state index contributed by atoms with van der Waals surface area (Å²) in [7, 11) is 5.42. The summed E-state index contributed by atoms with van der Waals surface area (Å²) in [4.78, 5) is 0. The summed E-state index contributed by atoms with van der Waals surface area (Å²) in [5.41, 5.74) is 0. The third-order valence-corrected chi connectivity index (χ3v) is 0.949. The zero-order valence-corrected chi connectivity index (χ0v) is 15.9. The molecule has 17 heavy (non-hydrogen) atoms. The molecule has 0 aliphatic carbocycles. The maximum absolute atomic E-state index is 3.74. The van der Waals surface area contributed by atoms with Gasteiger partial charge in [0.25, 0.3) is 0 Å². The molecule has 4 heteroatoms. The van der Waals surface area contributed by atoms with Gasteiger partial charge in [-0.3, -0.25) is 0 Å². The van der Waals surface area contributed by atoms with E-state index >= 15 is 0 Å². The van der Waals surface area contributed by atoms with Crippen molar-refractivity contribution in [1.82, 2.24) is 0 Å². The van der Waals surface area contributed by atoms with Crippen LogP contribution >= 0.6 is 0 Å². The van der Waals surface area contributed by atoms with Crippen LogP contribution in [-0.2, 0) is 26.2 Å². The average Bonchev–Trinajstić information content (AvgIpc) is 2.28. The average molecular weight is 323 g/mol. The van der Waals surface area contributed by atoms with Crippen molar-refractivity contribution in [2.75, 3.05) is 40.8 Å². The van der Waals surface area contributed by atoms with E-state index < -0.39 is 0 Å². The molecule has 0 atom stereocenters. The molecular weight excluding hydrogens is 289 g/mol. The van der Waals surface area contributed by atoms with Gasteiger partial charge in [0.15, 0.2) is 0 Å². The van der Waals surface area contributed by atoms with Crippen molar-refractivity contribution in [1.29, 1.82) is 0 Å². The second kappa shape index (κ2) is 43.7. The fourth-order valence-electron chi connectivity index (χ4n) is 0. The maximum atomic E-state index is 3.74. The van der Waals surface area contributed by atoms with Gasteiger partial charge >= 0.3 is 26.2 Å². The van der Waals surface area contributed by atoms with Crippen LogP contribution in [0.2, 0.25) is 0 Å². The molecule has 0 aliphatic rings. The summed E-state index contributed by atoms with van der Waals surface area (Å²) < 4.78 is 0. The SMILES string of the molecule is CC[N-]C.CC[N-]C.CC[N-]C.C[C-](C)C.[Zr+4]. The third kappa shape index (κ3) is 258. The Morgan fingerprint density at radius 2 is 0.706 bits per heavy atom. The number of hydrogen-bond donors (Lipinski definition) is 0. The number of rotatable bonds is 3. The van der Waals surface area contributed by atoms with Gasteiger partial charge < -0.3 is 21.9 Å². The molecule has 0 saturated heterocycles. The molecule has 0 amide bonds. The Hall–Kier alpha value is 0.763. The maximum Gasteiger partial charge on any atom is 4.00 e. The fourth-order valence-corrected chi connectivity index (χ4v) is 0. The van der Waals surface area contributed by atoms with Gasteiger partial charge in [-0.05, 0) is 0 Å². The van der Waals surface area contributed by atoms with Crippen LogP contribution in [0.3, 0.4) is 0 Å². The Balaban J connectivity index is -0.0000000369. The molecule has 0 aliphatic heterocycles. The second-order valence-corrected chi connectivity index (χ2v) is 3.40. The molecule has 0 aromatic heterocycles. The van der Waals surface area contributed by atoms with Gasteiger partial charge in [-0.1, -0.05) is 20.8 Å². The predicted molar refractivity (Wildman–Crippen MR) is 79.7 cm³/mol. The zero-order valence-electron chi connectivity index (χ0n) is 13.5. The normalized spacial score (nSPS) is 7.41. The van der Waals surface area contributed by atoms with E-state index in [9.17, 15) is 0 Å². The van der Waals surface area contributed by atoms with E-state index in [0.717, 1.165) is 19.6 Å². The van der Waals surface area contributed by atoms with E-state index in [1.165, 1.54) is 5.92 Å². The van der Waals surface area contributed by atoms with Crippen molar-refractivity contribution in [3.05, 3.63) is 21.9 Å². The Bertz CT molecular complexity index is 53.4. The minimum Gasteiger partial charge on any atom is -0.665 e. The monoisotopic (exact) mass is 321 g/mol. The molecule has 0 aromatic carbocycles. The van der Waals surface area contributed by atoms with Crippen LogP contribution in [0.25, 0.3) is 16.0 Å². The van der Waals surface area contributed by atoms with E-state index in [2.05, 4.69) is 36.7 Å². The standard InChI is InChI=1S/C4H9.3C3H8N.Zr/c1-4(2)3;3*1-3-4-2;/h1-3H3;3*3H2,1-2H3;/q4*-1;+4. The molecule has 0 heterocycles. The fraction of sp³-hybridized carbons (Fsp3) is 0.923. The van der Waals surface area contributed by atoms with E-state index in [0.29, 0.717) is 0 Å². The van der Waals surface area contributed by atoms with Crippen LogP contribution in [0.1, 0.15) is 41.5 Å². The van der Waals surface area contributed by atoms with Crippen LogP contribution in [0, 0.1) is 5.92 Å². The number of hydrogen-bond acceptors (Lipinski definition) is 0. The van der Waals surface area contributed by atoms with Gasteiger partial charge in [0.05, 0.1) is 0 Å². The Morgan fingerprint density at radius 3 is 0.706 bits per heavy atom. The van der Waals surface area contributed by atoms with Crippen LogP contribution in [0.4, 0.5) is 0 Å². The summed E-state index contributed by atoms with van der Waals surface area (Å²) in [5, 5.41) is 11.2. The molecule has 3 nitrogen and oxygen atoms in total. The van der Waals surface area contributed by atoms with Gasteiger partial charge in [-0.25, -0.2) is 0 Å². The smallest absolute Gasteiger partial charge is 0.665 e. The Labute approximate surface area is 130 Å². The predicted octanol–water partition coefficient (Wildman–Crippen LogP) is 4.65. The van der Waals surface area contributed by atoms with Crippen LogP contribution in [0.5, 0.6) is 0 Å². The van der Waals surface area contributed by atoms with Crippen molar-refractivity contribution in [2.24, 2.45) is 0 Å². The van der Waals surface area contributed by atoms with E-state index in [-0.39, 0.29) is 26.2 Å². The third-order valence-electron chi connectivity index (χ3n) is 0.949. The molecule has 0 unspecified atom stereocenters. The summed E-state index contributed by atoms with van der Waals surface area (Å²) in [5.74, 6) is 1.42. The summed E-state index contributed by atoms with van der Waals surface area (Å²) >= 11 is 0. The topological polar surface area (TPSA) is 42.3 Å². The summed E-state index contributed by atoms with van der Waals surface area (Å²) in [6.07, 6.45) is 0. The molecule has 0 spiro atoms. The quantitative estimate of drug-likeness (QED) is 0.679. The Kier molecular flexibility index (Phi) is 78.8. The van der Waals surface area contributed by atoms with Gasteiger partial charge in [0.1, 0.15) is 0 Å². The van der Waals surface area contributed by atoms with Crippen molar-refractivity contribution in [3.8, 4) is 0 Å². The van der Waals surface area contributed by atoms with Gasteiger partial charge in [0, 0.05) is 0 Å². The van der Waals surface area contributed by atoms with Crippen molar-refractivity contribution < 1.29 is 26.2 Å².